The van der Waals surface area contributed by atoms with Crippen molar-refractivity contribution >= 4 is 34.0 Å². The number of hydrogen-bond acceptors (Lipinski definition) is 5. The lowest BCUT2D eigenvalue weighted by Gasteiger charge is -2.35. The second kappa shape index (κ2) is 7.99. The van der Waals surface area contributed by atoms with Gasteiger partial charge in [-0.2, -0.15) is 0 Å². The van der Waals surface area contributed by atoms with Crippen LogP contribution in [0.5, 0.6) is 0 Å². The molecule has 0 saturated carbocycles. The average Bonchev–Trinajstić information content (AvgIpc) is 3.16. The molecule has 0 aliphatic carbocycles. The number of anilines is 1. The molecule has 0 radical (unpaired) electrons. The Bertz CT molecular complexity index is 734. The van der Waals surface area contributed by atoms with E-state index in [9.17, 15) is 9.50 Å². The van der Waals surface area contributed by atoms with Crippen molar-refractivity contribution in [2.75, 3.05) is 37.6 Å². The largest absolute Gasteiger partial charge is 0.386 e. The van der Waals surface area contributed by atoms with E-state index < -0.39 is 11.9 Å². The maximum atomic E-state index is 13.5. The summed E-state index contributed by atoms with van der Waals surface area (Å²) in [5.41, 5.74) is 6.45. The minimum Gasteiger partial charge on any atom is -0.386 e. The van der Waals surface area contributed by atoms with Gasteiger partial charge in [0.05, 0.1) is 17.7 Å². The summed E-state index contributed by atoms with van der Waals surface area (Å²) >= 11 is 7.26. The van der Waals surface area contributed by atoms with E-state index >= 15 is 0 Å². The van der Waals surface area contributed by atoms with Gasteiger partial charge in [0.1, 0.15) is 5.82 Å². The second-order valence-corrected chi connectivity index (χ2v) is 6.96. The number of rotatable bonds is 4. The van der Waals surface area contributed by atoms with Crippen LogP contribution in [0.2, 0.25) is 5.02 Å². The van der Waals surface area contributed by atoms with Gasteiger partial charge in [-0.15, -0.1) is 11.3 Å². The Balaban J connectivity index is 1.54. The van der Waals surface area contributed by atoms with Gasteiger partial charge in [0, 0.05) is 37.8 Å². The molecule has 1 saturated heterocycles. The summed E-state index contributed by atoms with van der Waals surface area (Å²) < 4.78 is 13.5. The Kier molecular flexibility index (Phi) is 5.72. The quantitative estimate of drug-likeness (QED) is 0.624. The normalized spacial score (nSPS) is 17.0. The van der Waals surface area contributed by atoms with E-state index in [2.05, 4.69) is 14.9 Å². The van der Waals surface area contributed by atoms with Crippen molar-refractivity contribution in [2.45, 2.75) is 6.10 Å². The number of nitrogens with two attached hydrogens (primary N) is 1. The van der Waals surface area contributed by atoms with Gasteiger partial charge >= 0.3 is 0 Å². The van der Waals surface area contributed by atoms with Gasteiger partial charge in [0.15, 0.2) is 11.1 Å². The molecule has 9 heteroatoms. The summed E-state index contributed by atoms with van der Waals surface area (Å²) in [5, 5.41) is 13.1. The molecule has 1 aromatic carbocycles. The Hall–Kier alpha value is -1.90. The fourth-order valence-electron chi connectivity index (χ4n) is 2.60. The van der Waals surface area contributed by atoms with Crippen molar-refractivity contribution in [3.8, 4) is 0 Å². The van der Waals surface area contributed by atoms with Crippen LogP contribution in [-0.4, -0.2) is 53.7 Å². The molecule has 6 nitrogen and oxygen atoms in total. The molecule has 1 aromatic heterocycles. The van der Waals surface area contributed by atoms with Crippen LogP contribution < -0.4 is 10.6 Å². The lowest BCUT2D eigenvalue weighted by atomic mass is 10.1. The van der Waals surface area contributed by atoms with Crippen LogP contribution in [0.3, 0.4) is 0 Å². The number of nitrogens with zero attached hydrogens (tertiary/aromatic N) is 4. The molecule has 3 rings (SSSR count). The van der Waals surface area contributed by atoms with Crippen LogP contribution in [0.25, 0.3) is 0 Å². The SMILES string of the molecule is NC(=NCC(O)c1ccc(Cl)c(F)c1)N1CCN(c2nccs2)CC1. The molecule has 1 aliphatic rings. The number of aliphatic hydroxyl groups is 1. The lowest BCUT2D eigenvalue weighted by Crippen LogP contribution is -2.51. The number of guanidine groups is 1. The van der Waals surface area contributed by atoms with Gasteiger partial charge in [0.25, 0.3) is 0 Å². The van der Waals surface area contributed by atoms with Crippen LogP contribution >= 0.6 is 22.9 Å². The maximum absolute atomic E-state index is 13.5. The predicted octanol–water partition coefficient (Wildman–Crippen LogP) is 2.11. The van der Waals surface area contributed by atoms with Crippen LogP contribution in [0, 0.1) is 5.82 Å². The minimum absolute atomic E-state index is 0.0251. The third-order valence-corrected chi connectivity index (χ3v) is 5.19. The first-order chi connectivity index (χ1) is 12.0. The molecule has 0 amide bonds. The molecule has 3 N–H and O–H groups in total. The number of aliphatic imine (C=N–C) groups is 1. The van der Waals surface area contributed by atoms with Gasteiger partial charge < -0.3 is 20.6 Å². The minimum atomic E-state index is -0.929. The van der Waals surface area contributed by atoms with Crippen molar-refractivity contribution in [1.82, 2.24) is 9.88 Å². The fraction of sp³-hybridized carbons (Fsp3) is 0.375. The van der Waals surface area contributed by atoms with Gasteiger partial charge in [-0.25, -0.2) is 9.37 Å². The van der Waals surface area contributed by atoms with E-state index in [1.807, 2.05) is 10.3 Å². The molecule has 0 spiro atoms. The molecule has 2 heterocycles. The molecular weight excluding hydrogens is 365 g/mol. The third kappa shape index (κ3) is 4.39. The van der Waals surface area contributed by atoms with Crippen LogP contribution in [0.1, 0.15) is 11.7 Å². The highest BCUT2D eigenvalue weighted by Gasteiger charge is 2.20. The number of thiazole rings is 1. The third-order valence-electron chi connectivity index (χ3n) is 4.05. The summed E-state index contributed by atoms with van der Waals surface area (Å²) in [6.07, 6.45) is 0.866. The van der Waals surface area contributed by atoms with E-state index in [0.29, 0.717) is 11.5 Å². The van der Waals surface area contributed by atoms with Gasteiger partial charge in [0.2, 0.25) is 0 Å². The first-order valence-electron chi connectivity index (χ1n) is 7.87. The number of piperazine rings is 1. The number of benzene rings is 1. The van der Waals surface area contributed by atoms with Crippen LogP contribution in [0.4, 0.5) is 9.52 Å². The van der Waals surface area contributed by atoms with E-state index in [1.165, 1.54) is 12.1 Å². The number of aromatic nitrogens is 1. The van der Waals surface area contributed by atoms with E-state index in [-0.39, 0.29) is 11.6 Å². The summed E-state index contributed by atoms with van der Waals surface area (Å²) in [5.74, 6) is -0.180. The summed E-state index contributed by atoms with van der Waals surface area (Å²) in [6, 6.07) is 4.21. The summed E-state index contributed by atoms with van der Waals surface area (Å²) in [4.78, 5) is 12.7. The molecule has 1 atom stereocenters. The van der Waals surface area contributed by atoms with Crippen molar-refractivity contribution in [2.24, 2.45) is 10.7 Å². The highest BCUT2D eigenvalue weighted by atomic mass is 35.5. The number of halogens is 2. The molecule has 1 fully saturated rings. The average molecular weight is 384 g/mol. The number of hydrogen-bond donors (Lipinski definition) is 2. The predicted molar refractivity (Wildman–Crippen MR) is 98.8 cm³/mol. The number of aliphatic hydroxyl groups excluding tert-OH is 1. The fourth-order valence-corrected chi connectivity index (χ4v) is 3.42. The molecular formula is C16H19ClFN5OS. The van der Waals surface area contributed by atoms with Gasteiger partial charge in [-0.3, -0.25) is 4.99 Å². The monoisotopic (exact) mass is 383 g/mol. The Labute approximate surface area is 154 Å². The Morgan fingerprint density at radius 3 is 2.80 bits per heavy atom. The summed E-state index contributed by atoms with van der Waals surface area (Å²) in [7, 11) is 0. The van der Waals surface area contributed by atoms with Crippen molar-refractivity contribution in [1.29, 1.82) is 0 Å². The second-order valence-electron chi connectivity index (χ2n) is 5.68. The molecule has 1 unspecified atom stereocenters. The zero-order valence-electron chi connectivity index (χ0n) is 13.5. The van der Waals surface area contributed by atoms with Gasteiger partial charge in [-0.05, 0) is 17.7 Å². The first-order valence-corrected chi connectivity index (χ1v) is 9.12. The van der Waals surface area contributed by atoms with E-state index in [1.54, 1.807) is 23.6 Å². The van der Waals surface area contributed by atoms with Crippen LogP contribution in [-0.2, 0) is 0 Å². The van der Waals surface area contributed by atoms with E-state index in [0.717, 1.165) is 31.3 Å². The standard InChI is InChI=1S/C16H19ClFN5OS/c17-12-2-1-11(9-13(12)18)14(24)10-21-15(19)22-4-6-23(7-5-22)16-20-3-8-25-16/h1-3,8-9,14,24H,4-7,10H2,(H2,19,21). The zero-order chi connectivity index (χ0) is 17.8. The van der Waals surface area contributed by atoms with Crippen LogP contribution in [0.15, 0.2) is 34.8 Å². The van der Waals surface area contributed by atoms with Crippen molar-refractivity contribution in [3.63, 3.8) is 0 Å². The maximum Gasteiger partial charge on any atom is 0.191 e. The first kappa shape index (κ1) is 17.9. The Morgan fingerprint density at radius 2 is 2.16 bits per heavy atom. The molecule has 2 aromatic rings. The topological polar surface area (TPSA) is 78.0 Å². The molecule has 1 aliphatic heterocycles. The van der Waals surface area contributed by atoms with Crippen molar-refractivity contribution < 1.29 is 9.50 Å². The Morgan fingerprint density at radius 1 is 1.40 bits per heavy atom. The molecule has 0 bridgehead atoms. The summed E-state index contributed by atoms with van der Waals surface area (Å²) in [6.45, 7) is 3.17. The van der Waals surface area contributed by atoms with E-state index in [4.69, 9.17) is 17.3 Å². The highest BCUT2D eigenvalue weighted by Crippen LogP contribution is 2.21. The van der Waals surface area contributed by atoms with Crippen molar-refractivity contribution in [3.05, 3.63) is 46.2 Å². The highest BCUT2D eigenvalue weighted by molar-refractivity contribution is 7.13. The molecule has 25 heavy (non-hydrogen) atoms. The molecule has 134 valence electrons. The smallest absolute Gasteiger partial charge is 0.191 e. The lowest BCUT2D eigenvalue weighted by molar-refractivity contribution is 0.186. The van der Waals surface area contributed by atoms with Gasteiger partial charge in [-0.1, -0.05) is 17.7 Å². The zero-order valence-corrected chi connectivity index (χ0v) is 15.0.